The molecule has 134 valence electrons. The second-order valence-electron chi connectivity index (χ2n) is 7.17. The number of benzene rings is 1. The maximum Gasteiger partial charge on any atom is 0.138 e. The zero-order chi connectivity index (χ0) is 17.2. The monoisotopic (exact) mass is 342 g/mol. The fourth-order valence-corrected chi connectivity index (χ4v) is 3.84. The van der Waals surface area contributed by atoms with E-state index in [-0.39, 0.29) is 12.1 Å². The Morgan fingerprint density at radius 1 is 1.08 bits per heavy atom. The van der Waals surface area contributed by atoms with E-state index in [2.05, 4.69) is 56.1 Å². The average Bonchev–Trinajstić information content (AvgIpc) is 3.27. The Balaban J connectivity index is 1.35. The van der Waals surface area contributed by atoms with Gasteiger partial charge in [0.05, 0.1) is 11.8 Å². The number of β-amino-alcohol motifs (C(OH)–C–C–N with tert-alkyl or cyclic N) is 1. The van der Waals surface area contributed by atoms with Crippen molar-refractivity contribution < 1.29 is 5.11 Å². The highest BCUT2D eigenvalue weighted by Crippen LogP contribution is 2.20. The smallest absolute Gasteiger partial charge is 0.138 e. The summed E-state index contributed by atoms with van der Waals surface area (Å²) in [6, 6.07) is 8.66. The van der Waals surface area contributed by atoms with Crippen molar-refractivity contribution >= 4 is 0 Å². The van der Waals surface area contributed by atoms with Gasteiger partial charge in [0.2, 0.25) is 0 Å². The highest BCUT2D eigenvalue weighted by molar-refractivity contribution is 5.33. The van der Waals surface area contributed by atoms with Crippen LogP contribution in [-0.4, -0.2) is 93.0 Å². The molecule has 1 N–H and O–H groups in total. The molecule has 1 aromatic carbocycles. The van der Waals surface area contributed by atoms with Crippen LogP contribution >= 0.6 is 0 Å². The lowest BCUT2D eigenvalue weighted by atomic mass is 10.1. The predicted molar refractivity (Wildman–Crippen MR) is 95.5 cm³/mol. The Hall–Kier alpha value is -1.80. The van der Waals surface area contributed by atoms with E-state index < -0.39 is 0 Å². The van der Waals surface area contributed by atoms with Gasteiger partial charge in [-0.3, -0.25) is 9.80 Å². The normalized spacial score (nSPS) is 26.3. The molecule has 0 bridgehead atoms. The molecule has 2 saturated heterocycles. The predicted octanol–water partition coefficient (Wildman–Crippen LogP) is 0.0598. The van der Waals surface area contributed by atoms with E-state index in [0.29, 0.717) is 0 Å². The number of likely N-dealkylation sites (N-methyl/N-ethyl adjacent to an activating group) is 1. The first-order valence-corrected chi connectivity index (χ1v) is 8.96. The number of piperazine rings is 1. The first-order valence-electron chi connectivity index (χ1n) is 8.96. The molecule has 0 saturated carbocycles. The minimum absolute atomic E-state index is 0.252. The van der Waals surface area contributed by atoms with Crippen molar-refractivity contribution in [3.8, 4) is 5.69 Å². The van der Waals surface area contributed by atoms with E-state index in [1.807, 2.05) is 0 Å². The molecule has 0 aliphatic carbocycles. The number of aromatic nitrogens is 3. The number of hydrogen-bond acceptors (Lipinski definition) is 6. The van der Waals surface area contributed by atoms with Gasteiger partial charge in [0, 0.05) is 51.9 Å². The van der Waals surface area contributed by atoms with E-state index in [9.17, 15) is 5.11 Å². The Bertz CT molecular complexity index is 665. The van der Waals surface area contributed by atoms with Gasteiger partial charge in [-0.15, -0.1) is 0 Å². The zero-order valence-corrected chi connectivity index (χ0v) is 14.7. The van der Waals surface area contributed by atoms with Crippen molar-refractivity contribution in [2.45, 2.75) is 18.7 Å². The SMILES string of the molecule is CN1CCN([C@@H]2CN(Cc3ccc(-n4cncn4)cc3)C[C@H]2O)CC1. The Morgan fingerprint density at radius 3 is 2.52 bits per heavy atom. The number of likely N-dealkylation sites (tertiary alicyclic amines) is 1. The molecule has 4 rings (SSSR count). The zero-order valence-electron chi connectivity index (χ0n) is 14.7. The van der Waals surface area contributed by atoms with E-state index in [4.69, 9.17) is 0 Å². The third-order valence-electron chi connectivity index (χ3n) is 5.37. The molecule has 0 unspecified atom stereocenters. The first-order chi connectivity index (χ1) is 12.2. The summed E-state index contributed by atoms with van der Waals surface area (Å²) in [7, 11) is 2.16. The average molecular weight is 342 g/mol. The number of rotatable bonds is 4. The van der Waals surface area contributed by atoms with E-state index in [0.717, 1.165) is 51.5 Å². The van der Waals surface area contributed by atoms with Crippen LogP contribution in [0.3, 0.4) is 0 Å². The molecule has 2 aliphatic heterocycles. The lowest BCUT2D eigenvalue weighted by molar-refractivity contribution is 0.0512. The van der Waals surface area contributed by atoms with Gasteiger partial charge >= 0.3 is 0 Å². The third kappa shape index (κ3) is 3.74. The van der Waals surface area contributed by atoms with Crippen molar-refractivity contribution in [1.82, 2.24) is 29.5 Å². The Kier molecular flexibility index (Phi) is 4.80. The highest BCUT2D eigenvalue weighted by atomic mass is 16.3. The van der Waals surface area contributed by atoms with Gasteiger partial charge in [-0.05, 0) is 24.7 Å². The van der Waals surface area contributed by atoms with Crippen LogP contribution in [0.25, 0.3) is 5.69 Å². The maximum absolute atomic E-state index is 10.5. The minimum atomic E-state index is -0.252. The van der Waals surface area contributed by atoms with Gasteiger partial charge in [0.1, 0.15) is 12.7 Å². The molecule has 2 atom stereocenters. The number of aliphatic hydroxyl groups excluding tert-OH is 1. The Morgan fingerprint density at radius 2 is 1.84 bits per heavy atom. The summed E-state index contributed by atoms with van der Waals surface area (Å²) in [5, 5.41) is 14.7. The third-order valence-corrected chi connectivity index (χ3v) is 5.37. The highest BCUT2D eigenvalue weighted by Gasteiger charge is 2.36. The topological polar surface area (TPSA) is 60.7 Å². The van der Waals surface area contributed by atoms with E-state index >= 15 is 0 Å². The molecule has 7 heteroatoms. The number of aliphatic hydroxyl groups is 1. The first kappa shape index (κ1) is 16.7. The lowest BCUT2D eigenvalue weighted by Gasteiger charge is -2.37. The van der Waals surface area contributed by atoms with E-state index in [1.54, 1.807) is 11.0 Å². The molecule has 2 fully saturated rings. The van der Waals surface area contributed by atoms with Gasteiger partial charge < -0.3 is 10.0 Å². The quantitative estimate of drug-likeness (QED) is 0.848. The molecule has 0 amide bonds. The summed E-state index contributed by atoms with van der Waals surface area (Å²) in [6.45, 7) is 6.85. The summed E-state index contributed by atoms with van der Waals surface area (Å²) in [6.07, 6.45) is 2.99. The van der Waals surface area contributed by atoms with E-state index in [1.165, 1.54) is 11.9 Å². The molecule has 0 radical (unpaired) electrons. The minimum Gasteiger partial charge on any atom is -0.390 e. The maximum atomic E-state index is 10.5. The molecule has 0 spiro atoms. The van der Waals surface area contributed by atoms with Gasteiger partial charge in [0.25, 0.3) is 0 Å². The van der Waals surface area contributed by atoms with Crippen LogP contribution in [0.1, 0.15) is 5.56 Å². The van der Waals surface area contributed by atoms with Crippen molar-refractivity contribution in [3.63, 3.8) is 0 Å². The molecule has 25 heavy (non-hydrogen) atoms. The van der Waals surface area contributed by atoms with Crippen LogP contribution < -0.4 is 0 Å². The fourth-order valence-electron chi connectivity index (χ4n) is 3.84. The summed E-state index contributed by atoms with van der Waals surface area (Å²) >= 11 is 0. The summed E-state index contributed by atoms with van der Waals surface area (Å²) in [5.41, 5.74) is 2.27. The number of nitrogens with zero attached hydrogens (tertiary/aromatic N) is 6. The van der Waals surface area contributed by atoms with Crippen molar-refractivity contribution in [3.05, 3.63) is 42.5 Å². The molecular weight excluding hydrogens is 316 g/mol. The molecule has 7 nitrogen and oxygen atoms in total. The lowest BCUT2D eigenvalue weighted by Crippen LogP contribution is -2.52. The van der Waals surface area contributed by atoms with Gasteiger partial charge in [-0.2, -0.15) is 5.10 Å². The van der Waals surface area contributed by atoms with Gasteiger partial charge in [0.15, 0.2) is 0 Å². The van der Waals surface area contributed by atoms with Gasteiger partial charge in [-0.25, -0.2) is 9.67 Å². The molecule has 2 aliphatic rings. The van der Waals surface area contributed by atoms with Crippen LogP contribution in [0, 0.1) is 0 Å². The van der Waals surface area contributed by atoms with Crippen LogP contribution in [0.5, 0.6) is 0 Å². The van der Waals surface area contributed by atoms with Gasteiger partial charge in [-0.1, -0.05) is 12.1 Å². The molecule has 3 heterocycles. The second-order valence-corrected chi connectivity index (χ2v) is 7.17. The van der Waals surface area contributed by atoms with Crippen LogP contribution in [0.4, 0.5) is 0 Å². The fraction of sp³-hybridized carbons (Fsp3) is 0.556. The molecule has 2 aromatic rings. The van der Waals surface area contributed by atoms with Crippen LogP contribution in [-0.2, 0) is 6.54 Å². The Labute approximate surface area is 148 Å². The summed E-state index contributed by atoms with van der Waals surface area (Å²) in [4.78, 5) is 11.1. The van der Waals surface area contributed by atoms with Crippen molar-refractivity contribution in [1.29, 1.82) is 0 Å². The standard InChI is InChI=1S/C18H26N6O/c1-21-6-8-23(9-7-21)17-11-22(12-18(17)25)10-15-2-4-16(5-3-15)24-14-19-13-20-24/h2-5,13-14,17-18,25H,6-12H2,1H3/t17-,18-/m1/s1. The summed E-state index contributed by atoms with van der Waals surface area (Å²) in [5.74, 6) is 0. The van der Waals surface area contributed by atoms with Crippen molar-refractivity contribution in [2.75, 3.05) is 46.3 Å². The largest absolute Gasteiger partial charge is 0.390 e. The van der Waals surface area contributed by atoms with Crippen molar-refractivity contribution in [2.24, 2.45) is 0 Å². The molecular formula is C18H26N6O. The molecule has 1 aromatic heterocycles. The van der Waals surface area contributed by atoms with Crippen LogP contribution in [0.2, 0.25) is 0 Å². The number of hydrogen-bond donors (Lipinski definition) is 1. The van der Waals surface area contributed by atoms with Crippen LogP contribution in [0.15, 0.2) is 36.9 Å². The second kappa shape index (κ2) is 7.21. The summed E-state index contributed by atoms with van der Waals surface area (Å²) < 4.78 is 1.76.